The minimum absolute atomic E-state index is 0.0543. The summed E-state index contributed by atoms with van der Waals surface area (Å²) in [5, 5.41) is 0. The van der Waals surface area contributed by atoms with Crippen molar-refractivity contribution in [1.29, 1.82) is 0 Å². The van der Waals surface area contributed by atoms with E-state index in [1.54, 1.807) is 0 Å². The van der Waals surface area contributed by atoms with Crippen molar-refractivity contribution in [3.63, 3.8) is 0 Å². The highest BCUT2D eigenvalue weighted by atomic mass is 32.2. The maximum absolute atomic E-state index is 10.6. The lowest BCUT2D eigenvalue weighted by atomic mass is 10.2. The van der Waals surface area contributed by atoms with E-state index in [1.165, 1.54) is 0 Å². The van der Waals surface area contributed by atoms with E-state index < -0.39 is 10.1 Å². The van der Waals surface area contributed by atoms with E-state index in [1.807, 2.05) is 0 Å². The van der Waals surface area contributed by atoms with Crippen molar-refractivity contribution in [3.05, 3.63) is 0 Å². The molecule has 84 valence electrons. The van der Waals surface area contributed by atoms with Crippen LogP contribution in [0.4, 0.5) is 0 Å². The monoisotopic (exact) mass is 224 g/mol. The SMILES string of the molecule is CS(=O)(=O)OCCOC1CCCCO1. The Morgan fingerprint density at radius 2 is 2.14 bits per heavy atom. The second-order valence-corrected chi connectivity index (χ2v) is 4.84. The predicted molar refractivity (Wildman–Crippen MR) is 50.3 cm³/mol. The summed E-state index contributed by atoms with van der Waals surface area (Å²) in [7, 11) is -3.35. The Bertz CT molecular complexity index is 242. The first-order valence-corrected chi connectivity index (χ1v) is 6.47. The smallest absolute Gasteiger partial charge is 0.264 e. The normalized spacial score (nSPS) is 23.6. The Morgan fingerprint density at radius 3 is 2.71 bits per heavy atom. The summed E-state index contributed by atoms with van der Waals surface area (Å²) in [4.78, 5) is 0. The van der Waals surface area contributed by atoms with Crippen LogP contribution in [0, 0.1) is 0 Å². The molecule has 5 nitrogen and oxygen atoms in total. The highest BCUT2D eigenvalue weighted by molar-refractivity contribution is 7.85. The third kappa shape index (κ3) is 5.54. The summed E-state index contributed by atoms with van der Waals surface area (Å²) in [6, 6.07) is 0. The van der Waals surface area contributed by atoms with Crippen molar-refractivity contribution in [2.45, 2.75) is 25.6 Å². The minimum Gasteiger partial charge on any atom is -0.353 e. The number of hydrogen-bond donors (Lipinski definition) is 0. The lowest BCUT2D eigenvalue weighted by Crippen LogP contribution is -2.24. The van der Waals surface area contributed by atoms with Crippen molar-refractivity contribution in [2.24, 2.45) is 0 Å². The van der Waals surface area contributed by atoms with Crippen molar-refractivity contribution in [2.75, 3.05) is 26.1 Å². The third-order valence-corrected chi connectivity index (χ3v) is 2.42. The molecule has 6 heteroatoms. The first kappa shape index (κ1) is 11.9. The van der Waals surface area contributed by atoms with Crippen LogP contribution in [0.15, 0.2) is 0 Å². The molecule has 0 aromatic heterocycles. The van der Waals surface area contributed by atoms with Gasteiger partial charge in [-0.1, -0.05) is 0 Å². The van der Waals surface area contributed by atoms with Gasteiger partial charge in [0.05, 0.1) is 19.5 Å². The lowest BCUT2D eigenvalue weighted by Gasteiger charge is -2.22. The molecule has 0 amide bonds. The second kappa shape index (κ2) is 5.65. The Labute approximate surface area is 84.5 Å². The van der Waals surface area contributed by atoms with Gasteiger partial charge < -0.3 is 9.47 Å². The van der Waals surface area contributed by atoms with Gasteiger partial charge in [-0.15, -0.1) is 0 Å². The fraction of sp³-hybridized carbons (Fsp3) is 1.00. The van der Waals surface area contributed by atoms with Crippen LogP contribution < -0.4 is 0 Å². The van der Waals surface area contributed by atoms with Crippen molar-refractivity contribution >= 4 is 10.1 Å². The zero-order valence-electron chi connectivity index (χ0n) is 8.27. The van der Waals surface area contributed by atoms with Gasteiger partial charge in [0.1, 0.15) is 0 Å². The number of hydrogen-bond acceptors (Lipinski definition) is 5. The van der Waals surface area contributed by atoms with Crippen LogP contribution in [0.3, 0.4) is 0 Å². The summed E-state index contributed by atoms with van der Waals surface area (Å²) in [6.45, 7) is 1.02. The molecule has 1 aliphatic heterocycles. The molecule has 1 atom stereocenters. The molecule has 0 aromatic rings. The van der Waals surface area contributed by atoms with Gasteiger partial charge in [0.15, 0.2) is 6.29 Å². The molecule has 0 N–H and O–H groups in total. The maximum atomic E-state index is 10.6. The van der Waals surface area contributed by atoms with Gasteiger partial charge in [-0.25, -0.2) is 0 Å². The molecule has 0 aliphatic carbocycles. The minimum atomic E-state index is -3.35. The molecule has 0 bridgehead atoms. The Morgan fingerprint density at radius 1 is 1.36 bits per heavy atom. The van der Waals surface area contributed by atoms with Crippen LogP contribution in [0.2, 0.25) is 0 Å². The fourth-order valence-corrected chi connectivity index (χ4v) is 1.58. The van der Waals surface area contributed by atoms with E-state index in [-0.39, 0.29) is 19.5 Å². The van der Waals surface area contributed by atoms with Crippen molar-refractivity contribution < 1.29 is 22.1 Å². The molecular weight excluding hydrogens is 208 g/mol. The van der Waals surface area contributed by atoms with Crippen LogP contribution in [-0.2, 0) is 23.8 Å². The molecule has 1 aliphatic rings. The van der Waals surface area contributed by atoms with E-state index in [0.717, 1.165) is 32.1 Å². The quantitative estimate of drug-likeness (QED) is 0.503. The van der Waals surface area contributed by atoms with E-state index in [2.05, 4.69) is 4.18 Å². The molecular formula is C8H16O5S. The van der Waals surface area contributed by atoms with Crippen LogP contribution in [0.5, 0.6) is 0 Å². The summed E-state index contributed by atoms with van der Waals surface area (Å²) in [5.74, 6) is 0. The highest BCUT2D eigenvalue weighted by Gasteiger charge is 2.13. The Kier molecular flexibility index (Phi) is 4.80. The largest absolute Gasteiger partial charge is 0.353 e. The first-order valence-electron chi connectivity index (χ1n) is 4.65. The van der Waals surface area contributed by atoms with Crippen LogP contribution in [0.1, 0.15) is 19.3 Å². The van der Waals surface area contributed by atoms with E-state index in [0.29, 0.717) is 0 Å². The van der Waals surface area contributed by atoms with Crippen LogP contribution >= 0.6 is 0 Å². The predicted octanol–water partition coefficient (Wildman–Crippen LogP) is 0.506. The average molecular weight is 224 g/mol. The standard InChI is InChI=1S/C8H16O5S/c1-14(9,10)13-7-6-12-8-4-2-3-5-11-8/h8H,2-7H2,1H3. The Hall–Kier alpha value is -0.170. The molecule has 0 aromatic carbocycles. The molecule has 0 saturated carbocycles. The van der Waals surface area contributed by atoms with Gasteiger partial charge >= 0.3 is 0 Å². The van der Waals surface area contributed by atoms with Crippen LogP contribution in [0.25, 0.3) is 0 Å². The van der Waals surface area contributed by atoms with Crippen molar-refractivity contribution in [3.8, 4) is 0 Å². The number of rotatable bonds is 5. The van der Waals surface area contributed by atoms with E-state index in [4.69, 9.17) is 9.47 Å². The summed E-state index contributed by atoms with van der Waals surface area (Å²) < 4.78 is 36.2. The average Bonchev–Trinajstić information content (AvgIpc) is 2.13. The molecule has 1 saturated heterocycles. The summed E-state index contributed by atoms with van der Waals surface area (Å²) in [5.41, 5.74) is 0. The Balaban J connectivity index is 2.03. The lowest BCUT2D eigenvalue weighted by molar-refractivity contribution is -0.165. The number of ether oxygens (including phenoxy) is 2. The van der Waals surface area contributed by atoms with E-state index >= 15 is 0 Å². The summed E-state index contributed by atoms with van der Waals surface area (Å²) >= 11 is 0. The molecule has 1 heterocycles. The zero-order valence-corrected chi connectivity index (χ0v) is 9.09. The molecule has 1 unspecified atom stereocenters. The fourth-order valence-electron chi connectivity index (χ4n) is 1.21. The molecule has 0 spiro atoms. The van der Waals surface area contributed by atoms with Crippen LogP contribution in [-0.4, -0.2) is 40.8 Å². The summed E-state index contributed by atoms with van der Waals surface area (Å²) in [6.07, 6.45) is 3.87. The van der Waals surface area contributed by atoms with Gasteiger partial charge in [0.25, 0.3) is 10.1 Å². The van der Waals surface area contributed by atoms with Gasteiger partial charge in [0, 0.05) is 6.61 Å². The molecule has 1 rings (SSSR count). The first-order chi connectivity index (χ1) is 6.58. The molecule has 1 fully saturated rings. The van der Waals surface area contributed by atoms with E-state index in [9.17, 15) is 8.42 Å². The third-order valence-electron chi connectivity index (χ3n) is 1.82. The highest BCUT2D eigenvalue weighted by Crippen LogP contribution is 2.13. The van der Waals surface area contributed by atoms with Gasteiger partial charge in [-0.2, -0.15) is 8.42 Å². The van der Waals surface area contributed by atoms with Gasteiger partial charge in [-0.3, -0.25) is 4.18 Å². The second-order valence-electron chi connectivity index (χ2n) is 3.19. The molecule has 0 radical (unpaired) electrons. The molecule has 14 heavy (non-hydrogen) atoms. The zero-order chi connectivity index (χ0) is 10.4. The van der Waals surface area contributed by atoms with Crippen molar-refractivity contribution in [1.82, 2.24) is 0 Å². The maximum Gasteiger partial charge on any atom is 0.264 e. The van der Waals surface area contributed by atoms with Gasteiger partial charge in [-0.05, 0) is 19.3 Å². The van der Waals surface area contributed by atoms with Gasteiger partial charge in [0.2, 0.25) is 0 Å². The topological polar surface area (TPSA) is 61.8 Å².